The van der Waals surface area contributed by atoms with Gasteiger partial charge < -0.3 is 4.90 Å². The predicted molar refractivity (Wildman–Crippen MR) is 135 cm³/mol. The fourth-order valence-electron chi connectivity index (χ4n) is 4.86. The Hall–Kier alpha value is -3.64. The van der Waals surface area contributed by atoms with Gasteiger partial charge in [-0.3, -0.25) is 9.59 Å². The van der Waals surface area contributed by atoms with Crippen LogP contribution in [0.3, 0.4) is 0 Å². The van der Waals surface area contributed by atoms with Crippen LogP contribution in [0.2, 0.25) is 0 Å². The van der Waals surface area contributed by atoms with E-state index in [1.54, 1.807) is 16.8 Å². The number of hydrogen-bond donors (Lipinski definition) is 0. The average molecular weight is 470 g/mol. The lowest BCUT2D eigenvalue weighted by atomic mass is 10.0. The summed E-state index contributed by atoms with van der Waals surface area (Å²) in [6, 6.07) is 23.4. The maximum Gasteiger partial charge on any atom is 0.274 e. The Kier molecular flexibility index (Phi) is 6.82. The molecule has 0 unspecified atom stereocenters. The number of ketones is 1. The van der Waals surface area contributed by atoms with E-state index in [0.29, 0.717) is 18.2 Å². The van der Waals surface area contributed by atoms with Gasteiger partial charge in [0.1, 0.15) is 5.82 Å². The van der Waals surface area contributed by atoms with Crippen molar-refractivity contribution in [2.45, 2.75) is 31.7 Å². The number of benzene rings is 3. The summed E-state index contributed by atoms with van der Waals surface area (Å²) in [4.78, 5) is 28.1. The Bertz CT molecular complexity index is 1370. The average Bonchev–Trinajstić information content (AvgIpc) is 2.91. The van der Waals surface area contributed by atoms with Gasteiger partial charge >= 0.3 is 0 Å². The number of hydrogen-bond acceptors (Lipinski definition) is 4. The van der Waals surface area contributed by atoms with Crippen molar-refractivity contribution < 1.29 is 9.18 Å². The minimum absolute atomic E-state index is 0.0140. The van der Waals surface area contributed by atoms with Crippen LogP contribution in [0.4, 0.5) is 4.39 Å². The molecule has 4 aromatic rings. The highest BCUT2D eigenvalue weighted by atomic mass is 19.1. The van der Waals surface area contributed by atoms with Crippen LogP contribution < -0.4 is 5.56 Å². The fraction of sp³-hybridized carbons (Fsp3) is 0.276. The second-order valence-corrected chi connectivity index (χ2v) is 9.16. The zero-order valence-electron chi connectivity index (χ0n) is 19.6. The number of Topliss-reactive ketones (excluding diaryl/α,β-unsaturated/α-hetero) is 1. The number of aromatic nitrogens is 2. The molecule has 0 saturated carbocycles. The zero-order chi connectivity index (χ0) is 24.2. The molecule has 178 valence electrons. The molecule has 1 saturated heterocycles. The summed E-state index contributed by atoms with van der Waals surface area (Å²) in [5.74, 6) is -0.112. The van der Waals surface area contributed by atoms with Crippen molar-refractivity contribution in [2.24, 2.45) is 0 Å². The highest BCUT2D eigenvalue weighted by Gasteiger charge is 2.24. The molecular weight excluding hydrogens is 441 g/mol. The minimum atomic E-state index is -0.270. The largest absolute Gasteiger partial charge is 0.303 e. The second-order valence-electron chi connectivity index (χ2n) is 9.16. The van der Waals surface area contributed by atoms with E-state index in [-0.39, 0.29) is 23.2 Å². The minimum Gasteiger partial charge on any atom is -0.303 e. The molecule has 1 aromatic heterocycles. The summed E-state index contributed by atoms with van der Waals surface area (Å²) in [6.45, 7) is 2.36. The number of carbonyl (C=O) groups excluding carboxylic acids is 1. The normalized spacial score (nSPS) is 14.9. The van der Waals surface area contributed by atoms with Crippen LogP contribution >= 0.6 is 0 Å². The van der Waals surface area contributed by atoms with E-state index in [1.165, 1.54) is 12.1 Å². The molecule has 0 amide bonds. The molecular formula is C29H28FN3O2. The quantitative estimate of drug-likeness (QED) is 0.356. The third kappa shape index (κ3) is 5.23. The van der Waals surface area contributed by atoms with Crippen LogP contribution in [0.1, 0.15) is 46.9 Å². The molecule has 35 heavy (non-hydrogen) atoms. The van der Waals surface area contributed by atoms with Gasteiger partial charge in [-0.15, -0.1) is 0 Å². The predicted octanol–water partition coefficient (Wildman–Crippen LogP) is 5.04. The Balaban J connectivity index is 1.31. The molecule has 0 atom stereocenters. The molecule has 1 aliphatic heterocycles. The first kappa shape index (κ1) is 23.1. The second kappa shape index (κ2) is 10.3. The molecule has 0 radical (unpaired) electrons. The SMILES string of the molecule is O=C(CCN1CCC(n2nc(Cc3ccc(F)cc3)c3ccccc3c2=O)CC1)c1ccccc1. The first-order valence-electron chi connectivity index (χ1n) is 12.1. The van der Waals surface area contributed by atoms with E-state index in [2.05, 4.69) is 4.90 Å². The molecule has 5 rings (SSSR count). The summed E-state index contributed by atoms with van der Waals surface area (Å²) in [6.07, 6.45) is 2.63. The summed E-state index contributed by atoms with van der Waals surface area (Å²) >= 11 is 0. The van der Waals surface area contributed by atoms with Gasteiger partial charge in [-0.2, -0.15) is 5.10 Å². The van der Waals surface area contributed by atoms with E-state index in [4.69, 9.17) is 5.10 Å². The smallest absolute Gasteiger partial charge is 0.274 e. The topological polar surface area (TPSA) is 55.2 Å². The van der Waals surface area contributed by atoms with Gasteiger partial charge in [0.05, 0.1) is 17.1 Å². The summed E-state index contributed by atoms with van der Waals surface area (Å²) in [5.41, 5.74) is 2.46. The highest BCUT2D eigenvalue weighted by Crippen LogP contribution is 2.24. The van der Waals surface area contributed by atoms with Gasteiger partial charge in [-0.05, 0) is 36.6 Å². The number of fused-ring (bicyclic) bond motifs is 1. The summed E-state index contributed by atoms with van der Waals surface area (Å²) in [5, 5.41) is 6.32. The molecule has 1 fully saturated rings. The third-order valence-electron chi connectivity index (χ3n) is 6.84. The standard InChI is InChI=1S/C29H28FN3O2/c30-23-12-10-21(11-13-23)20-27-25-8-4-5-9-26(25)29(35)33(31-27)24-14-17-32(18-15-24)19-16-28(34)22-6-2-1-3-7-22/h1-13,24H,14-20H2. The van der Waals surface area contributed by atoms with Gasteiger partial charge in [-0.25, -0.2) is 9.07 Å². The van der Waals surface area contributed by atoms with Crippen molar-refractivity contribution in [3.63, 3.8) is 0 Å². The van der Waals surface area contributed by atoms with Crippen LogP contribution in [0.5, 0.6) is 0 Å². The van der Waals surface area contributed by atoms with Crippen LogP contribution in [-0.2, 0) is 6.42 Å². The van der Waals surface area contributed by atoms with Gasteiger partial charge in [0.2, 0.25) is 0 Å². The van der Waals surface area contributed by atoms with Gasteiger partial charge in [-0.1, -0.05) is 60.7 Å². The number of likely N-dealkylation sites (tertiary alicyclic amines) is 1. The first-order valence-corrected chi connectivity index (χ1v) is 12.1. The number of carbonyl (C=O) groups is 1. The Labute approximate surface area is 203 Å². The van der Waals surface area contributed by atoms with Gasteiger partial charge in [0, 0.05) is 43.4 Å². The first-order chi connectivity index (χ1) is 17.1. The van der Waals surface area contributed by atoms with Crippen LogP contribution in [0, 0.1) is 5.82 Å². The lowest BCUT2D eigenvalue weighted by molar-refractivity contribution is 0.0950. The van der Waals surface area contributed by atoms with Crippen molar-refractivity contribution in [3.05, 3.63) is 112 Å². The van der Waals surface area contributed by atoms with Gasteiger partial charge in [0.15, 0.2) is 5.78 Å². The fourth-order valence-corrected chi connectivity index (χ4v) is 4.86. The number of piperidine rings is 1. The summed E-state index contributed by atoms with van der Waals surface area (Å²) in [7, 11) is 0. The van der Waals surface area contributed by atoms with E-state index < -0.39 is 0 Å². The van der Waals surface area contributed by atoms with E-state index in [9.17, 15) is 14.0 Å². The number of halogens is 1. The maximum atomic E-state index is 13.4. The van der Waals surface area contributed by atoms with Crippen LogP contribution in [0.15, 0.2) is 83.7 Å². The monoisotopic (exact) mass is 469 g/mol. The van der Waals surface area contributed by atoms with Crippen molar-refractivity contribution in [1.29, 1.82) is 0 Å². The van der Waals surface area contributed by atoms with Crippen molar-refractivity contribution in [2.75, 3.05) is 19.6 Å². The molecule has 0 spiro atoms. The molecule has 2 heterocycles. The Morgan fingerprint density at radius 1 is 0.886 bits per heavy atom. The maximum absolute atomic E-state index is 13.4. The lowest BCUT2D eigenvalue weighted by Crippen LogP contribution is -2.39. The Morgan fingerprint density at radius 2 is 1.54 bits per heavy atom. The molecule has 6 heteroatoms. The van der Waals surface area contributed by atoms with Crippen LogP contribution in [-0.4, -0.2) is 40.1 Å². The number of nitrogens with zero attached hydrogens (tertiary/aromatic N) is 3. The molecule has 0 bridgehead atoms. The molecule has 5 nitrogen and oxygen atoms in total. The van der Waals surface area contributed by atoms with E-state index >= 15 is 0 Å². The highest BCUT2D eigenvalue weighted by molar-refractivity contribution is 5.96. The third-order valence-corrected chi connectivity index (χ3v) is 6.84. The molecule has 0 aliphatic carbocycles. The Morgan fingerprint density at radius 3 is 2.26 bits per heavy atom. The number of rotatable bonds is 7. The van der Waals surface area contributed by atoms with Crippen molar-refractivity contribution in [3.8, 4) is 0 Å². The molecule has 1 aliphatic rings. The summed E-state index contributed by atoms with van der Waals surface area (Å²) < 4.78 is 15.0. The zero-order valence-corrected chi connectivity index (χ0v) is 19.6. The molecule has 0 N–H and O–H groups in total. The van der Waals surface area contributed by atoms with E-state index in [1.807, 2.05) is 54.6 Å². The molecule has 3 aromatic carbocycles. The van der Waals surface area contributed by atoms with Crippen molar-refractivity contribution >= 4 is 16.6 Å². The van der Waals surface area contributed by atoms with Crippen molar-refractivity contribution in [1.82, 2.24) is 14.7 Å². The van der Waals surface area contributed by atoms with Crippen LogP contribution in [0.25, 0.3) is 10.8 Å². The van der Waals surface area contributed by atoms with Gasteiger partial charge in [0.25, 0.3) is 5.56 Å². The van der Waals surface area contributed by atoms with E-state index in [0.717, 1.165) is 54.7 Å². The lowest BCUT2D eigenvalue weighted by Gasteiger charge is -2.32.